The van der Waals surface area contributed by atoms with E-state index in [4.69, 9.17) is 19.9 Å². The molecule has 3 saturated heterocycles. The largest absolute Gasteiger partial charge is 0.444 e. The van der Waals surface area contributed by atoms with Crippen molar-refractivity contribution in [3.05, 3.63) is 0 Å². The molecular formula is C19H34N2O4. The van der Waals surface area contributed by atoms with E-state index >= 15 is 0 Å². The highest BCUT2D eigenvalue weighted by molar-refractivity contribution is 5.68. The fourth-order valence-electron chi connectivity index (χ4n) is 4.65. The van der Waals surface area contributed by atoms with Crippen LogP contribution >= 0.6 is 0 Å². The van der Waals surface area contributed by atoms with Gasteiger partial charge in [-0.3, -0.25) is 0 Å². The quantitative estimate of drug-likeness (QED) is 0.825. The summed E-state index contributed by atoms with van der Waals surface area (Å²) in [5.41, 5.74) is 5.84. The van der Waals surface area contributed by atoms with Crippen LogP contribution in [0.15, 0.2) is 0 Å². The SMILES string of the molecule is CC(C)(C)OC(=O)N1CCC(CN)(C2CCOC3(CCOC3)C2)CC1. The van der Waals surface area contributed by atoms with Gasteiger partial charge in [-0.25, -0.2) is 4.79 Å². The number of hydrogen-bond acceptors (Lipinski definition) is 5. The maximum absolute atomic E-state index is 12.3. The van der Waals surface area contributed by atoms with Gasteiger partial charge in [0.25, 0.3) is 0 Å². The monoisotopic (exact) mass is 354 g/mol. The number of carbonyl (C=O) groups is 1. The lowest BCUT2D eigenvalue weighted by Gasteiger charge is -2.50. The van der Waals surface area contributed by atoms with Crippen molar-refractivity contribution in [3.63, 3.8) is 0 Å². The van der Waals surface area contributed by atoms with Gasteiger partial charge in [-0.05, 0) is 64.3 Å². The van der Waals surface area contributed by atoms with E-state index in [1.54, 1.807) is 0 Å². The van der Waals surface area contributed by atoms with E-state index in [1.165, 1.54) is 0 Å². The molecule has 0 radical (unpaired) electrons. The van der Waals surface area contributed by atoms with Gasteiger partial charge in [0, 0.05) is 32.7 Å². The predicted molar refractivity (Wildman–Crippen MR) is 95.4 cm³/mol. The van der Waals surface area contributed by atoms with Crippen LogP contribution in [0.2, 0.25) is 0 Å². The fraction of sp³-hybridized carbons (Fsp3) is 0.947. The Morgan fingerprint density at radius 2 is 1.96 bits per heavy atom. The summed E-state index contributed by atoms with van der Waals surface area (Å²) in [4.78, 5) is 14.2. The molecule has 2 N–H and O–H groups in total. The average Bonchev–Trinajstić information content (AvgIpc) is 3.01. The van der Waals surface area contributed by atoms with Crippen molar-refractivity contribution in [2.75, 3.05) is 39.5 Å². The van der Waals surface area contributed by atoms with E-state index < -0.39 is 5.60 Å². The molecule has 0 bridgehead atoms. The normalized spacial score (nSPS) is 32.8. The summed E-state index contributed by atoms with van der Waals surface area (Å²) < 4.78 is 17.2. The van der Waals surface area contributed by atoms with Crippen LogP contribution in [0.3, 0.4) is 0 Å². The molecule has 3 heterocycles. The van der Waals surface area contributed by atoms with Gasteiger partial charge in [0.1, 0.15) is 5.60 Å². The first kappa shape index (κ1) is 18.9. The van der Waals surface area contributed by atoms with Gasteiger partial charge in [0.05, 0.1) is 12.2 Å². The van der Waals surface area contributed by atoms with E-state index in [0.29, 0.717) is 19.1 Å². The second kappa shape index (κ2) is 7.05. The number of nitrogens with two attached hydrogens (primary N) is 1. The van der Waals surface area contributed by atoms with Gasteiger partial charge in [-0.2, -0.15) is 0 Å². The van der Waals surface area contributed by atoms with Crippen LogP contribution in [0, 0.1) is 11.3 Å². The molecule has 0 aromatic carbocycles. The molecule has 3 rings (SSSR count). The van der Waals surface area contributed by atoms with E-state index in [1.807, 2.05) is 25.7 Å². The van der Waals surface area contributed by atoms with Crippen molar-refractivity contribution in [2.24, 2.45) is 17.1 Å². The number of rotatable bonds is 2. The molecular weight excluding hydrogens is 320 g/mol. The van der Waals surface area contributed by atoms with Crippen LogP contribution in [-0.4, -0.2) is 61.7 Å². The maximum atomic E-state index is 12.3. The Kier molecular flexibility index (Phi) is 5.33. The van der Waals surface area contributed by atoms with Gasteiger partial charge in [-0.1, -0.05) is 0 Å². The smallest absolute Gasteiger partial charge is 0.410 e. The summed E-state index contributed by atoms with van der Waals surface area (Å²) in [6, 6.07) is 0. The van der Waals surface area contributed by atoms with Crippen LogP contribution in [0.4, 0.5) is 4.79 Å². The number of carbonyl (C=O) groups excluding carboxylic acids is 1. The van der Waals surface area contributed by atoms with Gasteiger partial charge in [0.15, 0.2) is 0 Å². The van der Waals surface area contributed by atoms with Crippen molar-refractivity contribution < 1.29 is 19.0 Å². The lowest BCUT2D eigenvalue weighted by atomic mass is 9.63. The summed E-state index contributed by atoms with van der Waals surface area (Å²) in [5, 5.41) is 0. The third kappa shape index (κ3) is 4.12. The van der Waals surface area contributed by atoms with Crippen molar-refractivity contribution in [1.82, 2.24) is 4.90 Å². The molecule has 0 aromatic rings. The van der Waals surface area contributed by atoms with Crippen LogP contribution in [0.5, 0.6) is 0 Å². The van der Waals surface area contributed by atoms with Crippen LogP contribution in [0.1, 0.15) is 52.9 Å². The molecule has 6 heteroatoms. The molecule has 0 aromatic heterocycles. The van der Waals surface area contributed by atoms with Gasteiger partial charge in [0.2, 0.25) is 0 Å². The second-order valence-electron chi connectivity index (χ2n) is 9.06. The lowest BCUT2D eigenvalue weighted by molar-refractivity contribution is -0.126. The first-order valence-corrected chi connectivity index (χ1v) is 9.67. The number of amides is 1. The molecule has 25 heavy (non-hydrogen) atoms. The fourth-order valence-corrected chi connectivity index (χ4v) is 4.65. The summed E-state index contributed by atoms with van der Waals surface area (Å²) >= 11 is 0. The molecule has 2 unspecified atom stereocenters. The van der Waals surface area contributed by atoms with Crippen LogP contribution < -0.4 is 5.73 Å². The van der Waals surface area contributed by atoms with Crippen molar-refractivity contribution in [1.29, 1.82) is 0 Å². The van der Waals surface area contributed by atoms with Crippen molar-refractivity contribution in [3.8, 4) is 0 Å². The summed E-state index contributed by atoms with van der Waals surface area (Å²) in [7, 11) is 0. The topological polar surface area (TPSA) is 74.0 Å². The number of piperidine rings is 1. The highest BCUT2D eigenvalue weighted by atomic mass is 16.6. The first-order valence-electron chi connectivity index (χ1n) is 9.67. The van der Waals surface area contributed by atoms with Gasteiger partial charge >= 0.3 is 6.09 Å². The number of ether oxygens (including phenoxy) is 3. The van der Waals surface area contributed by atoms with Crippen molar-refractivity contribution >= 4 is 6.09 Å². The molecule has 3 fully saturated rings. The Labute approximate surface area is 151 Å². The zero-order valence-electron chi connectivity index (χ0n) is 16.0. The Morgan fingerprint density at radius 3 is 2.52 bits per heavy atom. The molecule has 144 valence electrons. The zero-order valence-corrected chi connectivity index (χ0v) is 16.0. The highest BCUT2D eigenvalue weighted by Crippen LogP contribution is 2.48. The first-order chi connectivity index (χ1) is 11.8. The minimum absolute atomic E-state index is 0.0899. The number of hydrogen-bond donors (Lipinski definition) is 1. The third-order valence-corrected chi connectivity index (χ3v) is 6.24. The van der Waals surface area contributed by atoms with E-state index in [2.05, 4.69) is 0 Å². The minimum atomic E-state index is -0.449. The Morgan fingerprint density at radius 1 is 1.24 bits per heavy atom. The maximum Gasteiger partial charge on any atom is 0.410 e. The summed E-state index contributed by atoms with van der Waals surface area (Å²) in [6.07, 6.45) is 4.79. The lowest BCUT2D eigenvalue weighted by Crippen LogP contribution is -2.54. The molecule has 0 saturated carbocycles. The second-order valence-corrected chi connectivity index (χ2v) is 9.06. The van der Waals surface area contributed by atoms with Gasteiger partial charge in [-0.15, -0.1) is 0 Å². The number of nitrogens with zero attached hydrogens (tertiary/aromatic N) is 1. The molecule has 3 aliphatic heterocycles. The molecule has 2 atom stereocenters. The van der Waals surface area contributed by atoms with Gasteiger partial charge < -0.3 is 24.8 Å². The average molecular weight is 354 g/mol. The predicted octanol–water partition coefficient (Wildman–Crippen LogP) is 2.55. The van der Waals surface area contributed by atoms with Crippen LogP contribution in [-0.2, 0) is 14.2 Å². The molecule has 6 nitrogen and oxygen atoms in total. The van der Waals surface area contributed by atoms with Crippen LogP contribution in [0.25, 0.3) is 0 Å². The Bertz CT molecular complexity index is 474. The molecule has 0 aliphatic carbocycles. The van der Waals surface area contributed by atoms with E-state index in [9.17, 15) is 4.79 Å². The standard InChI is InChI=1S/C19H34N2O4/c1-17(2,3)25-16(22)21-8-5-18(13-20,6-9-21)15-4-10-24-19(12-15)7-11-23-14-19/h15H,4-14,20H2,1-3H3. The zero-order chi connectivity index (χ0) is 18.1. The highest BCUT2D eigenvalue weighted by Gasteiger charge is 2.49. The summed E-state index contributed by atoms with van der Waals surface area (Å²) in [5.74, 6) is 0.550. The Hall–Kier alpha value is -0.850. The molecule has 3 aliphatic rings. The Balaban J connectivity index is 1.62. The summed E-state index contributed by atoms with van der Waals surface area (Å²) in [6.45, 7) is 10.2. The minimum Gasteiger partial charge on any atom is -0.444 e. The third-order valence-electron chi connectivity index (χ3n) is 6.24. The van der Waals surface area contributed by atoms with E-state index in [-0.39, 0.29) is 17.1 Å². The van der Waals surface area contributed by atoms with Crippen molar-refractivity contribution in [2.45, 2.75) is 64.1 Å². The number of likely N-dealkylation sites (tertiary alicyclic amines) is 1. The molecule has 1 amide bonds. The molecule has 1 spiro atoms. The van der Waals surface area contributed by atoms with E-state index in [0.717, 1.165) is 58.4 Å².